The van der Waals surface area contributed by atoms with Gasteiger partial charge in [0.15, 0.2) is 5.82 Å². The molecule has 1 aromatic heterocycles. The first kappa shape index (κ1) is 22.6. The molecule has 0 aliphatic rings. The molecule has 7 heteroatoms. The molecule has 2 unspecified atom stereocenters. The first-order chi connectivity index (χ1) is 13.6. The third kappa shape index (κ3) is 5.89. The molecule has 154 valence electrons. The van der Waals surface area contributed by atoms with Gasteiger partial charge in [0.1, 0.15) is 0 Å². The number of amides is 1. The molecule has 0 saturated carbocycles. The van der Waals surface area contributed by atoms with Crippen LogP contribution in [0.2, 0.25) is 0 Å². The van der Waals surface area contributed by atoms with E-state index < -0.39 is 0 Å². The lowest BCUT2D eigenvalue weighted by Gasteiger charge is -2.19. The number of hydrogen-bond donors (Lipinski definition) is 2. The molecule has 2 atom stereocenters. The van der Waals surface area contributed by atoms with E-state index in [1.54, 1.807) is 0 Å². The zero-order chi connectivity index (χ0) is 19.9. The molecular formula is C22H27ClN4O2. The van der Waals surface area contributed by atoms with E-state index in [0.29, 0.717) is 18.3 Å². The Balaban J connectivity index is 0.00000300. The summed E-state index contributed by atoms with van der Waals surface area (Å²) in [4.78, 5) is 16.7. The molecule has 6 nitrogen and oxygen atoms in total. The van der Waals surface area contributed by atoms with Crippen molar-refractivity contribution in [1.29, 1.82) is 0 Å². The summed E-state index contributed by atoms with van der Waals surface area (Å²) >= 11 is 0. The maximum absolute atomic E-state index is 12.4. The molecule has 29 heavy (non-hydrogen) atoms. The van der Waals surface area contributed by atoms with Crippen molar-refractivity contribution in [2.45, 2.75) is 32.7 Å². The van der Waals surface area contributed by atoms with Gasteiger partial charge in [0.2, 0.25) is 5.91 Å². The van der Waals surface area contributed by atoms with Gasteiger partial charge >= 0.3 is 0 Å². The SMILES string of the molecule is CCc1noc(-c2ccc(CCNC(=O)C(C)C(N)c3ccccc3)cc2)n1.Cl. The maximum atomic E-state index is 12.4. The molecule has 0 saturated heterocycles. The summed E-state index contributed by atoms with van der Waals surface area (Å²) in [5.41, 5.74) is 9.21. The first-order valence-corrected chi connectivity index (χ1v) is 9.58. The number of halogens is 1. The van der Waals surface area contributed by atoms with Gasteiger partial charge in [-0.3, -0.25) is 4.79 Å². The second kappa shape index (κ2) is 10.7. The molecule has 3 N–H and O–H groups in total. The molecule has 0 spiro atoms. The molecule has 2 aromatic carbocycles. The average Bonchev–Trinajstić information content (AvgIpc) is 3.23. The van der Waals surface area contributed by atoms with Gasteiger partial charge in [0.25, 0.3) is 5.89 Å². The van der Waals surface area contributed by atoms with Crippen LogP contribution in [0.1, 0.15) is 36.8 Å². The van der Waals surface area contributed by atoms with Gasteiger partial charge in [0.05, 0.1) is 5.92 Å². The maximum Gasteiger partial charge on any atom is 0.257 e. The predicted molar refractivity (Wildman–Crippen MR) is 116 cm³/mol. The summed E-state index contributed by atoms with van der Waals surface area (Å²) in [5.74, 6) is 0.894. The van der Waals surface area contributed by atoms with Crippen LogP contribution in [0.15, 0.2) is 59.1 Å². The number of aromatic nitrogens is 2. The molecule has 0 aliphatic heterocycles. The van der Waals surface area contributed by atoms with Gasteiger partial charge in [-0.05, 0) is 29.7 Å². The Hall–Kier alpha value is -2.70. The van der Waals surface area contributed by atoms with Crippen molar-refractivity contribution in [1.82, 2.24) is 15.5 Å². The normalized spacial score (nSPS) is 12.7. The quantitative estimate of drug-likeness (QED) is 0.585. The molecule has 0 bridgehead atoms. The van der Waals surface area contributed by atoms with Gasteiger partial charge < -0.3 is 15.6 Å². The second-order valence-electron chi connectivity index (χ2n) is 6.83. The Bertz CT molecular complexity index is 897. The molecule has 1 heterocycles. The third-order valence-corrected chi connectivity index (χ3v) is 4.83. The summed E-state index contributed by atoms with van der Waals surface area (Å²) in [6.07, 6.45) is 1.48. The van der Waals surface area contributed by atoms with Gasteiger partial charge in [0, 0.05) is 24.6 Å². The van der Waals surface area contributed by atoms with Crippen LogP contribution in [0.4, 0.5) is 0 Å². The number of aryl methyl sites for hydroxylation is 1. The van der Waals surface area contributed by atoms with Crippen molar-refractivity contribution in [2.24, 2.45) is 11.7 Å². The molecule has 0 radical (unpaired) electrons. The minimum Gasteiger partial charge on any atom is -0.355 e. The fraction of sp³-hybridized carbons (Fsp3) is 0.318. The van der Waals surface area contributed by atoms with Crippen molar-refractivity contribution in [3.05, 3.63) is 71.5 Å². The van der Waals surface area contributed by atoms with Crippen LogP contribution in [0.3, 0.4) is 0 Å². The van der Waals surface area contributed by atoms with Gasteiger partial charge in [-0.1, -0.05) is 61.5 Å². The van der Waals surface area contributed by atoms with E-state index in [-0.39, 0.29) is 30.3 Å². The number of carbonyl (C=O) groups is 1. The number of nitrogens with one attached hydrogen (secondary N) is 1. The third-order valence-electron chi connectivity index (χ3n) is 4.83. The zero-order valence-corrected chi connectivity index (χ0v) is 17.5. The standard InChI is InChI=1S/C22H26N4O2.ClH/c1-3-19-25-22(28-26-19)18-11-9-16(10-12-18)13-14-24-21(27)15(2)20(23)17-7-5-4-6-8-17;/h4-12,15,20H,3,13-14,23H2,1-2H3,(H,24,27);1H. The minimum absolute atomic E-state index is 0. The number of nitrogens with two attached hydrogens (primary N) is 1. The topological polar surface area (TPSA) is 94.0 Å². The highest BCUT2D eigenvalue weighted by Gasteiger charge is 2.21. The van der Waals surface area contributed by atoms with E-state index in [4.69, 9.17) is 10.3 Å². The lowest BCUT2D eigenvalue weighted by atomic mass is 9.94. The zero-order valence-electron chi connectivity index (χ0n) is 16.7. The Labute approximate surface area is 177 Å². The average molecular weight is 415 g/mol. The first-order valence-electron chi connectivity index (χ1n) is 9.58. The highest BCUT2D eigenvalue weighted by atomic mass is 35.5. The summed E-state index contributed by atoms with van der Waals surface area (Å²) in [6.45, 7) is 4.40. The highest BCUT2D eigenvalue weighted by Crippen LogP contribution is 2.20. The van der Waals surface area contributed by atoms with Gasteiger partial charge in [-0.25, -0.2) is 0 Å². The second-order valence-corrected chi connectivity index (χ2v) is 6.83. The fourth-order valence-corrected chi connectivity index (χ4v) is 2.95. The Morgan fingerprint density at radius 3 is 2.45 bits per heavy atom. The summed E-state index contributed by atoms with van der Waals surface area (Å²) < 4.78 is 5.25. The Morgan fingerprint density at radius 1 is 1.14 bits per heavy atom. The van der Waals surface area contributed by atoms with Gasteiger partial charge in [-0.2, -0.15) is 4.98 Å². The van der Waals surface area contributed by atoms with Crippen molar-refractivity contribution in [3.8, 4) is 11.5 Å². The lowest BCUT2D eigenvalue weighted by Crippen LogP contribution is -2.36. The van der Waals surface area contributed by atoms with Crippen LogP contribution < -0.4 is 11.1 Å². The van der Waals surface area contributed by atoms with Crippen LogP contribution in [0.5, 0.6) is 0 Å². The fourth-order valence-electron chi connectivity index (χ4n) is 2.95. The summed E-state index contributed by atoms with van der Waals surface area (Å²) in [6, 6.07) is 17.3. The molecular weight excluding hydrogens is 388 g/mol. The molecule has 1 amide bonds. The molecule has 3 rings (SSSR count). The molecule has 3 aromatic rings. The van der Waals surface area contributed by atoms with Crippen molar-refractivity contribution >= 4 is 18.3 Å². The van der Waals surface area contributed by atoms with Crippen LogP contribution in [-0.4, -0.2) is 22.6 Å². The lowest BCUT2D eigenvalue weighted by molar-refractivity contribution is -0.125. The number of rotatable bonds is 8. The van der Waals surface area contributed by atoms with Crippen molar-refractivity contribution in [3.63, 3.8) is 0 Å². The van der Waals surface area contributed by atoms with E-state index in [0.717, 1.165) is 29.5 Å². The number of hydrogen-bond acceptors (Lipinski definition) is 5. The van der Waals surface area contributed by atoms with Crippen molar-refractivity contribution in [2.75, 3.05) is 6.54 Å². The largest absolute Gasteiger partial charge is 0.355 e. The summed E-state index contributed by atoms with van der Waals surface area (Å²) in [7, 11) is 0. The van der Waals surface area contributed by atoms with E-state index in [2.05, 4.69) is 15.5 Å². The number of benzene rings is 2. The molecule has 0 aliphatic carbocycles. The van der Waals surface area contributed by atoms with Crippen LogP contribution >= 0.6 is 12.4 Å². The summed E-state index contributed by atoms with van der Waals surface area (Å²) in [5, 5.41) is 6.89. The van der Waals surface area contributed by atoms with Crippen LogP contribution in [0.25, 0.3) is 11.5 Å². The van der Waals surface area contributed by atoms with E-state index in [1.165, 1.54) is 0 Å². The van der Waals surface area contributed by atoms with E-state index in [9.17, 15) is 4.79 Å². The minimum atomic E-state index is -0.317. The highest BCUT2D eigenvalue weighted by molar-refractivity contribution is 5.85. The van der Waals surface area contributed by atoms with E-state index in [1.807, 2.05) is 68.4 Å². The number of carbonyl (C=O) groups excluding carboxylic acids is 1. The smallest absolute Gasteiger partial charge is 0.257 e. The monoisotopic (exact) mass is 414 g/mol. The Morgan fingerprint density at radius 2 is 1.83 bits per heavy atom. The Kier molecular flexibility index (Phi) is 8.36. The predicted octanol–water partition coefficient (Wildman–Crippen LogP) is 3.72. The number of nitrogens with zero attached hydrogens (tertiary/aromatic N) is 2. The van der Waals surface area contributed by atoms with Crippen molar-refractivity contribution < 1.29 is 9.32 Å². The van der Waals surface area contributed by atoms with Gasteiger partial charge in [-0.15, -0.1) is 12.4 Å². The van der Waals surface area contributed by atoms with Crippen LogP contribution in [0, 0.1) is 5.92 Å². The van der Waals surface area contributed by atoms with Crippen LogP contribution in [-0.2, 0) is 17.6 Å². The van der Waals surface area contributed by atoms with E-state index >= 15 is 0 Å². The molecule has 0 fully saturated rings.